The Hall–Kier alpha value is -3.35. The molecule has 0 fully saturated rings. The van der Waals surface area contributed by atoms with Crippen LogP contribution in [-0.2, 0) is 19.1 Å². The van der Waals surface area contributed by atoms with Crippen molar-refractivity contribution in [2.75, 3.05) is 23.8 Å². The van der Waals surface area contributed by atoms with Crippen LogP contribution in [0.4, 0.5) is 11.4 Å². The molecule has 0 aliphatic carbocycles. The van der Waals surface area contributed by atoms with Gasteiger partial charge in [-0.15, -0.1) is 0 Å². The van der Waals surface area contributed by atoms with E-state index in [2.05, 4.69) is 10.6 Å². The van der Waals surface area contributed by atoms with Crippen molar-refractivity contribution in [1.29, 1.82) is 0 Å². The Balaban J connectivity index is 1.68. The number of para-hydroxylation sites is 1. The van der Waals surface area contributed by atoms with Crippen LogP contribution in [0.25, 0.3) is 0 Å². The van der Waals surface area contributed by atoms with Crippen LogP contribution in [0.1, 0.15) is 18.9 Å². The fraction of sp³-hybridized carbons (Fsp3) is 0.250. The number of anilines is 2. The zero-order valence-corrected chi connectivity index (χ0v) is 15.3. The summed E-state index contributed by atoms with van der Waals surface area (Å²) in [5, 5.41) is 5.23. The lowest BCUT2D eigenvalue weighted by Crippen LogP contribution is -2.21. The van der Waals surface area contributed by atoms with Crippen molar-refractivity contribution in [3.8, 4) is 5.75 Å². The Kier molecular flexibility index (Phi) is 7.37. The number of hydrogen-bond donors (Lipinski definition) is 2. The van der Waals surface area contributed by atoms with Gasteiger partial charge in [0.25, 0.3) is 5.91 Å². The molecular formula is C20H22N2O5. The number of hydrogen-bond acceptors (Lipinski definition) is 5. The summed E-state index contributed by atoms with van der Waals surface area (Å²) in [5.74, 6) is -0.425. The minimum atomic E-state index is -0.514. The zero-order valence-electron chi connectivity index (χ0n) is 15.3. The molecule has 0 aliphatic rings. The van der Waals surface area contributed by atoms with Crippen LogP contribution < -0.4 is 15.4 Å². The summed E-state index contributed by atoms with van der Waals surface area (Å²) in [6, 6.07) is 14.1. The van der Waals surface area contributed by atoms with Crippen LogP contribution in [0.3, 0.4) is 0 Å². The van der Waals surface area contributed by atoms with Gasteiger partial charge in [-0.05, 0) is 42.8 Å². The van der Waals surface area contributed by atoms with Crippen molar-refractivity contribution < 1.29 is 23.9 Å². The summed E-state index contributed by atoms with van der Waals surface area (Å²) in [7, 11) is 0. The lowest BCUT2D eigenvalue weighted by atomic mass is 10.2. The van der Waals surface area contributed by atoms with Gasteiger partial charge in [0.15, 0.2) is 6.61 Å². The fourth-order valence-corrected chi connectivity index (χ4v) is 2.22. The van der Waals surface area contributed by atoms with E-state index in [4.69, 9.17) is 9.47 Å². The predicted molar refractivity (Wildman–Crippen MR) is 102 cm³/mol. The Morgan fingerprint density at radius 3 is 2.19 bits per heavy atom. The number of aryl methyl sites for hydroxylation is 1. The number of carbonyl (C=O) groups is 3. The number of carbonyl (C=O) groups excluding carboxylic acids is 3. The molecule has 0 bridgehead atoms. The van der Waals surface area contributed by atoms with Gasteiger partial charge in [0, 0.05) is 18.3 Å². The SMILES string of the molecule is CC(=O)Nc1ccc(NC(=O)COC(=O)CCOc2ccccc2C)cc1. The summed E-state index contributed by atoms with van der Waals surface area (Å²) in [4.78, 5) is 34.5. The van der Waals surface area contributed by atoms with Crippen molar-refractivity contribution in [1.82, 2.24) is 0 Å². The highest BCUT2D eigenvalue weighted by molar-refractivity contribution is 5.93. The molecule has 0 saturated carbocycles. The van der Waals surface area contributed by atoms with Crippen LogP contribution in [0.2, 0.25) is 0 Å². The minimum absolute atomic E-state index is 0.0486. The zero-order chi connectivity index (χ0) is 19.6. The molecule has 0 heterocycles. The maximum Gasteiger partial charge on any atom is 0.309 e. The van der Waals surface area contributed by atoms with Crippen molar-refractivity contribution in [2.24, 2.45) is 0 Å². The molecule has 0 unspecified atom stereocenters. The van der Waals surface area contributed by atoms with Gasteiger partial charge in [0.1, 0.15) is 5.75 Å². The number of rotatable bonds is 8. The average molecular weight is 370 g/mol. The first-order valence-electron chi connectivity index (χ1n) is 8.45. The third-order valence-electron chi connectivity index (χ3n) is 3.51. The van der Waals surface area contributed by atoms with E-state index in [0.717, 1.165) is 5.56 Å². The summed E-state index contributed by atoms with van der Waals surface area (Å²) >= 11 is 0. The van der Waals surface area contributed by atoms with E-state index >= 15 is 0 Å². The summed E-state index contributed by atoms with van der Waals surface area (Å²) in [6.45, 7) is 3.13. The second-order valence-corrected chi connectivity index (χ2v) is 5.83. The van der Waals surface area contributed by atoms with Crippen LogP contribution >= 0.6 is 0 Å². The molecule has 7 heteroatoms. The molecule has 7 nitrogen and oxygen atoms in total. The van der Waals surface area contributed by atoms with E-state index in [1.165, 1.54) is 6.92 Å². The van der Waals surface area contributed by atoms with Crippen molar-refractivity contribution in [3.05, 3.63) is 54.1 Å². The van der Waals surface area contributed by atoms with Crippen molar-refractivity contribution in [3.63, 3.8) is 0 Å². The molecule has 2 amide bonds. The molecular weight excluding hydrogens is 348 g/mol. The molecule has 2 rings (SSSR count). The van der Waals surface area contributed by atoms with Gasteiger partial charge in [0.05, 0.1) is 13.0 Å². The van der Waals surface area contributed by atoms with E-state index in [0.29, 0.717) is 17.1 Å². The quantitative estimate of drug-likeness (QED) is 0.697. The van der Waals surface area contributed by atoms with Crippen LogP contribution in [0.15, 0.2) is 48.5 Å². The van der Waals surface area contributed by atoms with E-state index in [1.807, 2.05) is 31.2 Å². The van der Waals surface area contributed by atoms with E-state index < -0.39 is 11.9 Å². The van der Waals surface area contributed by atoms with Gasteiger partial charge in [0.2, 0.25) is 5.91 Å². The van der Waals surface area contributed by atoms with Crippen LogP contribution in [0.5, 0.6) is 5.75 Å². The molecule has 142 valence electrons. The maximum atomic E-state index is 11.8. The molecule has 2 aromatic carbocycles. The Bertz CT molecular complexity index is 802. The highest BCUT2D eigenvalue weighted by atomic mass is 16.5. The van der Waals surface area contributed by atoms with E-state index in [9.17, 15) is 14.4 Å². The second-order valence-electron chi connectivity index (χ2n) is 5.83. The van der Waals surface area contributed by atoms with Crippen molar-refractivity contribution >= 4 is 29.2 Å². The Morgan fingerprint density at radius 2 is 1.56 bits per heavy atom. The molecule has 0 spiro atoms. The first-order chi connectivity index (χ1) is 12.9. The summed E-state index contributed by atoms with van der Waals surface area (Å²) in [6.07, 6.45) is 0.0486. The van der Waals surface area contributed by atoms with Crippen molar-refractivity contribution in [2.45, 2.75) is 20.3 Å². The number of benzene rings is 2. The third-order valence-corrected chi connectivity index (χ3v) is 3.51. The van der Waals surface area contributed by atoms with Crippen LogP contribution in [-0.4, -0.2) is 31.0 Å². The van der Waals surface area contributed by atoms with Gasteiger partial charge in [-0.2, -0.15) is 0 Å². The molecule has 2 N–H and O–H groups in total. The number of amides is 2. The van der Waals surface area contributed by atoms with Gasteiger partial charge < -0.3 is 20.1 Å². The summed E-state index contributed by atoms with van der Waals surface area (Å²) < 4.78 is 10.4. The van der Waals surface area contributed by atoms with Gasteiger partial charge in [-0.1, -0.05) is 18.2 Å². The van der Waals surface area contributed by atoms with Gasteiger partial charge in [-0.25, -0.2) is 0 Å². The molecule has 2 aromatic rings. The third kappa shape index (κ3) is 7.19. The normalized spacial score (nSPS) is 10.0. The number of nitrogens with one attached hydrogen (secondary N) is 2. The molecule has 0 aromatic heterocycles. The lowest BCUT2D eigenvalue weighted by Gasteiger charge is -2.09. The lowest BCUT2D eigenvalue weighted by molar-refractivity contribution is -0.147. The molecule has 0 aliphatic heterocycles. The van der Waals surface area contributed by atoms with Crippen LogP contribution in [0, 0.1) is 6.92 Å². The Labute approximate surface area is 157 Å². The molecule has 0 radical (unpaired) electrons. The first-order valence-corrected chi connectivity index (χ1v) is 8.45. The predicted octanol–water partition coefficient (Wildman–Crippen LogP) is 2.90. The minimum Gasteiger partial charge on any atom is -0.493 e. The highest BCUT2D eigenvalue weighted by Gasteiger charge is 2.09. The summed E-state index contributed by atoms with van der Waals surface area (Å²) in [5.41, 5.74) is 2.14. The van der Waals surface area contributed by atoms with Gasteiger partial charge >= 0.3 is 5.97 Å². The molecule has 0 saturated heterocycles. The standard InChI is InChI=1S/C20H22N2O5/c1-14-5-3-4-6-18(14)26-12-11-20(25)27-13-19(24)22-17-9-7-16(8-10-17)21-15(2)23/h3-10H,11-13H2,1-2H3,(H,21,23)(H,22,24). The maximum absolute atomic E-state index is 11.8. The monoisotopic (exact) mass is 370 g/mol. The topological polar surface area (TPSA) is 93.7 Å². The molecule has 27 heavy (non-hydrogen) atoms. The smallest absolute Gasteiger partial charge is 0.309 e. The molecule has 0 atom stereocenters. The first kappa shape index (κ1) is 20.0. The van der Waals surface area contributed by atoms with E-state index in [1.54, 1.807) is 24.3 Å². The highest BCUT2D eigenvalue weighted by Crippen LogP contribution is 2.16. The number of esters is 1. The Morgan fingerprint density at radius 1 is 0.926 bits per heavy atom. The second kappa shape index (κ2) is 9.96. The average Bonchev–Trinajstić information content (AvgIpc) is 2.63. The largest absolute Gasteiger partial charge is 0.493 e. The number of ether oxygens (including phenoxy) is 2. The fourth-order valence-electron chi connectivity index (χ4n) is 2.22. The van der Waals surface area contributed by atoms with Gasteiger partial charge in [-0.3, -0.25) is 14.4 Å². The van der Waals surface area contributed by atoms with E-state index in [-0.39, 0.29) is 25.5 Å².